The lowest BCUT2D eigenvalue weighted by atomic mass is 9.93. The number of ether oxygens (including phenoxy) is 8. The average molecular weight is 459 g/mol. The molecule has 33 heavy (non-hydrogen) atoms. The zero-order valence-corrected chi connectivity index (χ0v) is 19.3. The van der Waals surface area contributed by atoms with Crippen LogP contribution in [0.5, 0.6) is 11.5 Å². The molecular formula is C25H30O8. The number of rotatable bonds is 8. The molecule has 1 spiro atoms. The van der Waals surface area contributed by atoms with E-state index in [1.165, 1.54) is 0 Å². The molecule has 3 fully saturated rings. The van der Waals surface area contributed by atoms with Gasteiger partial charge in [0.15, 0.2) is 12.4 Å². The fourth-order valence-electron chi connectivity index (χ4n) is 4.57. The van der Waals surface area contributed by atoms with Crippen LogP contribution in [0.1, 0.15) is 19.4 Å². The van der Waals surface area contributed by atoms with Crippen LogP contribution in [0.15, 0.2) is 54.6 Å². The minimum absolute atomic E-state index is 0.247. The largest absolute Gasteiger partial charge is 0.497 e. The Morgan fingerprint density at radius 2 is 1.64 bits per heavy atom. The van der Waals surface area contributed by atoms with E-state index in [1.54, 1.807) is 14.2 Å². The molecule has 0 N–H and O–H groups in total. The van der Waals surface area contributed by atoms with Gasteiger partial charge in [0, 0.05) is 7.11 Å². The molecule has 3 aliphatic rings. The minimum Gasteiger partial charge on any atom is -0.497 e. The maximum atomic E-state index is 6.41. The van der Waals surface area contributed by atoms with Gasteiger partial charge in [-0.3, -0.25) is 0 Å². The van der Waals surface area contributed by atoms with Crippen LogP contribution in [0, 0.1) is 0 Å². The maximum Gasteiger partial charge on any atom is 0.230 e. The summed E-state index contributed by atoms with van der Waals surface area (Å²) in [4.78, 5) is 0. The molecule has 0 aliphatic carbocycles. The first-order valence-corrected chi connectivity index (χ1v) is 11.1. The van der Waals surface area contributed by atoms with Gasteiger partial charge in [0.2, 0.25) is 12.1 Å². The standard InChI is InChI=1S/C25H30O8/c1-24(2)23-31-21-20(28-14-16-8-6-5-7-9-16)22(29-18-12-10-17(27-4)11-13-18)30-19(15-26-3)25(21,32-23)33-24/h5-13,19-23H,14-15H2,1-4H3/t19-,20-,21-,22-,23+,25-/m1/s1. The van der Waals surface area contributed by atoms with Crippen LogP contribution in [0.2, 0.25) is 0 Å². The van der Waals surface area contributed by atoms with Crippen molar-refractivity contribution in [1.29, 1.82) is 0 Å². The lowest BCUT2D eigenvalue weighted by Crippen LogP contribution is -2.69. The van der Waals surface area contributed by atoms with E-state index in [0.717, 1.165) is 11.3 Å². The molecule has 2 aromatic rings. The normalized spacial score (nSPS) is 34.1. The van der Waals surface area contributed by atoms with Gasteiger partial charge in [-0.15, -0.1) is 0 Å². The summed E-state index contributed by atoms with van der Waals surface area (Å²) in [5.74, 6) is 0.206. The number of methoxy groups -OCH3 is 2. The van der Waals surface area contributed by atoms with Crippen molar-refractivity contribution < 1.29 is 37.9 Å². The number of hydrogen-bond acceptors (Lipinski definition) is 8. The highest BCUT2D eigenvalue weighted by molar-refractivity contribution is 5.31. The molecule has 8 heteroatoms. The highest BCUT2D eigenvalue weighted by atomic mass is 16.9. The SMILES string of the molecule is COC[C@H]1O[C@@H](Oc2ccc(OC)cc2)[C@H](OCc2ccccc2)[C@H]2O[C@H]3O[C@]21OC3(C)C. The Hall–Kier alpha value is -2.20. The fraction of sp³-hybridized carbons (Fsp3) is 0.520. The molecule has 3 heterocycles. The van der Waals surface area contributed by atoms with Crippen molar-refractivity contribution in [1.82, 2.24) is 0 Å². The zero-order chi connectivity index (χ0) is 23.1. The van der Waals surface area contributed by atoms with Crippen LogP contribution in [-0.2, 0) is 35.0 Å². The van der Waals surface area contributed by atoms with Gasteiger partial charge in [0.1, 0.15) is 29.3 Å². The van der Waals surface area contributed by atoms with Gasteiger partial charge in [0.05, 0.1) is 20.3 Å². The number of hydrogen-bond donors (Lipinski definition) is 0. The summed E-state index contributed by atoms with van der Waals surface area (Å²) in [7, 11) is 3.23. The van der Waals surface area contributed by atoms with Crippen molar-refractivity contribution in [2.45, 2.75) is 62.7 Å². The van der Waals surface area contributed by atoms with Crippen molar-refractivity contribution in [2.24, 2.45) is 0 Å². The quantitative estimate of drug-likeness (QED) is 0.597. The Bertz CT molecular complexity index is 933. The predicted octanol–water partition coefficient (Wildman–Crippen LogP) is 3.28. The summed E-state index contributed by atoms with van der Waals surface area (Å²) in [5, 5.41) is 0. The summed E-state index contributed by atoms with van der Waals surface area (Å²) in [5.41, 5.74) is 0.401. The second kappa shape index (κ2) is 8.87. The molecule has 2 bridgehead atoms. The first-order chi connectivity index (χ1) is 15.9. The molecule has 2 aromatic carbocycles. The van der Waals surface area contributed by atoms with Crippen molar-refractivity contribution >= 4 is 0 Å². The maximum absolute atomic E-state index is 6.41. The van der Waals surface area contributed by atoms with E-state index in [4.69, 9.17) is 37.9 Å². The first kappa shape index (κ1) is 22.6. The predicted molar refractivity (Wildman–Crippen MR) is 117 cm³/mol. The molecule has 0 aromatic heterocycles. The van der Waals surface area contributed by atoms with Crippen LogP contribution in [0.3, 0.4) is 0 Å². The van der Waals surface area contributed by atoms with Gasteiger partial charge < -0.3 is 37.9 Å². The first-order valence-electron chi connectivity index (χ1n) is 11.1. The molecule has 0 radical (unpaired) electrons. The molecule has 3 saturated heterocycles. The van der Waals surface area contributed by atoms with Gasteiger partial charge in [0.25, 0.3) is 0 Å². The Labute approximate surface area is 193 Å². The summed E-state index contributed by atoms with van der Waals surface area (Å²) < 4.78 is 48.7. The molecule has 0 saturated carbocycles. The Balaban J connectivity index is 1.44. The highest BCUT2D eigenvalue weighted by Gasteiger charge is 2.73. The van der Waals surface area contributed by atoms with Gasteiger partial charge in [-0.2, -0.15) is 0 Å². The molecule has 8 nitrogen and oxygen atoms in total. The van der Waals surface area contributed by atoms with Crippen molar-refractivity contribution in [2.75, 3.05) is 20.8 Å². The average Bonchev–Trinajstić information content (AvgIpc) is 3.33. The van der Waals surface area contributed by atoms with Gasteiger partial charge in [-0.1, -0.05) is 30.3 Å². The highest BCUT2D eigenvalue weighted by Crippen LogP contribution is 2.53. The fourth-order valence-corrected chi connectivity index (χ4v) is 4.57. The van der Waals surface area contributed by atoms with Gasteiger partial charge in [-0.25, -0.2) is 0 Å². The third-order valence-electron chi connectivity index (χ3n) is 6.18. The second-order valence-electron chi connectivity index (χ2n) is 8.94. The van der Waals surface area contributed by atoms with E-state index in [2.05, 4.69) is 0 Å². The lowest BCUT2D eigenvalue weighted by molar-refractivity contribution is -0.372. The molecule has 5 rings (SSSR count). The third-order valence-corrected chi connectivity index (χ3v) is 6.18. The molecule has 178 valence electrons. The zero-order valence-electron chi connectivity index (χ0n) is 19.3. The monoisotopic (exact) mass is 458 g/mol. The smallest absolute Gasteiger partial charge is 0.230 e. The molecule has 0 amide bonds. The summed E-state index contributed by atoms with van der Waals surface area (Å²) >= 11 is 0. The Morgan fingerprint density at radius 3 is 2.30 bits per heavy atom. The number of fused-ring (bicyclic) bond motifs is 1. The van der Waals surface area contributed by atoms with E-state index in [-0.39, 0.29) is 6.61 Å². The molecule has 3 aliphatic heterocycles. The van der Waals surface area contributed by atoms with Crippen LogP contribution >= 0.6 is 0 Å². The van der Waals surface area contributed by atoms with Crippen molar-refractivity contribution in [3.05, 3.63) is 60.2 Å². The van der Waals surface area contributed by atoms with Crippen molar-refractivity contribution in [3.63, 3.8) is 0 Å². The van der Waals surface area contributed by atoms with Crippen LogP contribution < -0.4 is 9.47 Å². The minimum atomic E-state index is -1.15. The third kappa shape index (κ3) is 4.12. The van der Waals surface area contributed by atoms with E-state index in [9.17, 15) is 0 Å². The Morgan fingerprint density at radius 1 is 0.909 bits per heavy atom. The second-order valence-corrected chi connectivity index (χ2v) is 8.94. The van der Waals surface area contributed by atoms with Crippen LogP contribution in [-0.4, -0.2) is 63.1 Å². The summed E-state index contributed by atoms with van der Waals surface area (Å²) in [6.07, 6.45) is -3.06. The van der Waals surface area contributed by atoms with E-state index < -0.39 is 42.3 Å². The topological polar surface area (TPSA) is 73.8 Å². The molecule has 0 unspecified atom stereocenters. The molecule has 6 atom stereocenters. The summed E-state index contributed by atoms with van der Waals surface area (Å²) in [6, 6.07) is 17.2. The lowest BCUT2D eigenvalue weighted by Gasteiger charge is -2.49. The van der Waals surface area contributed by atoms with Crippen molar-refractivity contribution in [3.8, 4) is 11.5 Å². The van der Waals surface area contributed by atoms with E-state index in [1.807, 2.05) is 68.4 Å². The summed E-state index contributed by atoms with van der Waals surface area (Å²) in [6.45, 7) is 4.48. The van der Waals surface area contributed by atoms with E-state index in [0.29, 0.717) is 12.4 Å². The van der Waals surface area contributed by atoms with Crippen LogP contribution in [0.4, 0.5) is 0 Å². The molecular weight excluding hydrogens is 428 g/mol. The van der Waals surface area contributed by atoms with Gasteiger partial charge >= 0.3 is 0 Å². The number of benzene rings is 2. The Kier molecular flexibility index (Phi) is 6.07. The van der Waals surface area contributed by atoms with Gasteiger partial charge in [-0.05, 0) is 43.7 Å². The van der Waals surface area contributed by atoms with Crippen LogP contribution in [0.25, 0.3) is 0 Å². The van der Waals surface area contributed by atoms with E-state index >= 15 is 0 Å².